The Balaban J connectivity index is 1.68. The molecule has 5 rings (SSSR count). The van der Waals surface area contributed by atoms with Gasteiger partial charge >= 0.3 is 5.97 Å². The second kappa shape index (κ2) is 13.8. The van der Waals surface area contributed by atoms with Crippen molar-refractivity contribution in [1.82, 2.24) is 4.57 Å². The molecule has 1 atom stereocenters. The Labute approximate surface area is 273 Å². The molecule has 0 aliphatic carbocycles. The van der Waals surface area contributed by atoms with Crippen LogP contribution < -0.4 is 33.8 Å². The van der Waals surface area contributed by atoms with Gasteiger partial charge in [-0.2, -0.15) is 0 Å². The molecule has 45 heavy (non-hydrogen) atoms. The lowest BCUT2D eigenvalue weighted by Gasteiger charge is -2.26. The van der Waals surface area contributed by atoms with E-state index < -0.39 is 12.0 Å². The summed E-state index contributed by atoms with van der Waals surface area (Å²) in [5.41, 5.74) is 2.30. The van der Waals surface area contributed by atoms with Crippen LogP contribution in [0.4, 0.5) is 0 Å². The average Bonchev–Trinajstić information content (AvgIpc) is 3.32. The molecule has 4 aromatic rings. The van der Waals surface area contributed by atoms with Gasteiger partial charge in [-0.1, -0.05) is 46.7 Å². The minimum absolute atomic E-state index is 0.148. The van der Waals surface area contributed by atoms with Crippen LogP contribution in [-0.4, -0.2) is 38.5 Å². The number of esters is 1. The summed E-state index contributed by atoms with van der Waals surface area (Å²) in [4.78, 5) is 32.6. The Morgan fingerprint density at radius 3 is 2.33 bits per heavy atom. The number of halogens is 2. The van der Waals surface area contributed by atoms with Crippen molar-refractivity contribution in [3.8, 4) is 23.0 Å². The number of nitrogens with zero attached hydrogens (tertiary/aromatic N) is 2. The first-order valence-electron chi connectivity index (χ1n) is 13.8. The molecule has 1 aliphatic heterocycles. The van der Waals surface area contributed by atoms with E-state index in [-0.39, 0.29) is 24.3 Å². The molecule has 0 amide bonds. The lowest BCUT2D eigenvalue weighted by Crippen LogP contribution is -2.40. The van der Waals surface area contributed by atoms with Crippen molar-refractivity contribution in [3.63, 3.8) is 0 Å². The molecule has 0 saturated heterocycles. The van der Waals surface area contributed by atoms with Crippen LogP contribution in [0.5, 0.6) is 23.0 Å². The number of carbonyl (C=O) groups is 1. The van der Waals surface area contributed by atoms with Gasteiger partial charge in [0.25, 0.3) is 5.56 Å². The Bertz CT molecular complexity index is 1960. The summed E-state index contributed by atoms with van der Waals surface area (Å²) < 4.78 is 30.0. The lowest BCUT2D eigenvalue weighted by molar-refractivity contribution is -0.139. The van der Waals surface area contributed by atoms with Gasteiger partial charge < -0.3 is 23.7 Å². The number of ether oxygens (including phenoxy) is 5. The van der Waals surface area contributed by atoms with E-state index >= 15 is 0 Å². The molecule has 0 unspecified atom stereocenters. The van der Waals surface area contributed by atoms with Gasteiger partial charge in [-0.15, -0.1) is 0 Å². The van der Waals surface area contributed by atoms with Gasteiger partial charge in [0.2, 0.25) is 5.75 Å². The molecule has 12 heteroatoms. The van der Waals surface area contributed by atoms with Crippen LogP contribution in [0.2, 0.25) is 10.0 Å². The van der Waals surface area contributed by atoms with Crippen LogP contribution in [0.3, 0.4) is 0 Å². The summed E-state index contributed by atoms with van der Waals surface area (Å²) in [5.74, 6) is 1.05. The highest BCUT2D eigenvalue weighted by molar-refractivity contribution is 7.07. The second-order valence-electron chi connectivity index (χ2n) is 9.86. The first-order chi connectivity index (χ1) is 21.7. The fourth-order valence-corrected chi connectivity index (χ4v) is 6.49. The van der Waals surface area contributed by atoms with Crippen LogP contribution in [-0.2, 0) is 16.1 Å². The third kappa shape index (κ3) is 6.58. The van der Waals surface area contributed by atoms with Crippen molar-refractivity contribution in [2.45, 2.75) is 26.5 Å². The summed E-state index contributed by atoms with van der Waals surface area (Å²) in [6.07, 6.45) is 1.71. The molecular formula is C33H30Cl2N2O7S. The predicted molar refractivity (Wildman–Crippen MR) is 174 cm³/mol. The van der Waals surface area contributed by atoms with E-state index in [1.807, 2.05) is 18.2 Å². The van der Waals surface area contributed by atoms with Gasteiger partial charge in [-0.05, 0) is 73.5 Å². The largest absolute Gasteiger partial charge is 0.493 e. The van der Waals surface area contributed by atoms with Gasteiger partial charge in [0, 0.05) is 15.6 Å². The maximum Gasteiger partial charge on any atom is 0.338 e. The normalized spacial score (nSPS) is 14.5. The fourth-order valence-electron chi connectivity index (χ4n) is 5.06. The molecule has 1 aromatic heterocycles. The molecule has 2 heterocycles. The maximum absolute atomic E-state index is 14.2. The van der Waals surface area contributed by atoms with Crippen molar-refractivity contribution >= 4 is 46.6 Å². The van der Waals surface area contributed by atoms with Gasteiger partial charge in [0.05, 0.1) is 49.8 Å². The van der Waals surface area contributed by atoms with E-state index in [1.54, 1.807) is 56.3 Å². The second-order valence-corrected chi connectivity index (χ2v) is 11.7. The first-order valence-corrected chi connectivity index (χ1v) is 15.4. The van der Waals surface area contributed by atoms with Gasteiger partial charge in [0.1, 0.15) is 12.4 Å². The number of thiazole rings is 1. The number of hydrogen-bond donors (Lipinski definition) is 0. The number of methoxy groups -OCH3 is 3. The summed E-state index contributed by atoms with van der Waals surface area (Å²) in [7, 11) is 4.49. The maximum atomic E-state index is 14.2. The van der Waals surface area contributed by atoms with Crippen LogP contribution in [0.1, 0.15) is 36.6 Å². The van der Waals surface area contributed by atoms with Crippen molar-refractivity contribution in [2.75, 3.05) is 27.9 Å². The third-order valence-corrected chi connectivity index (χ3v) is 8.51. The van der Waals surface area contributed by atoms with Crippen LogP contribution in [0.25, 0.3) is 6.08 Å². The Kier molecular flexibility index (Phi) is 9.86. The molecule has 0 radical (unpaired) electrons. The van der Waals surface area contributed by atoms with Crippen LogP contribution in [0, 0.1) is 0 Å². The highest BCUT2D eigenvalue weighted by Crippen LogP contribution is 2.42. The number of hydrogen-bond acceptors (Lipinski definition) is 9. The standard InChI is InChI=1S/C33H30Cl2N2O7S/c1-6-43-32(39)28-18(2)36-33-37(29(28)21-14-25(40-3)30(42-5)26(15-21)41-4)31(38)27(45-33)16-20-13-23(35)10-11-24(20)44-17-19-8-7-9-22(34)12-19/h7-16,29H,6,17H2,1-5H3/b27-16-/t29-/m0/s1. The Hall–Kier alpha value is -4.25. The molecule has 0 bridgehead atoms. The number of rotatable bonds is 10. The quantitative estimate of drug-likeness (QED) is 0.200. The molecule has 234 valence electrons. The zero-order chi connectivity index (χ0) is 32.2. The highest BCUT2D eigenvalue weighted by atomic mass is 35.5. The number of fused-ring (bicyclic) bond motifs is 1. The number of allylic oxidation sites excluding steroid dienone is 1. The minimum Gasteiger partial charge on any atom is -0.493 e. The number of benzene rings is 3. The minimum atomic E-state index is -0.894. The molecule has 9 nitrogen and oxygen atoms in total. The Morgan fingerprint density at radius 2 is 1.69 bits per heavy atom. The summed E-state index contributed by atoms with van der Waals surface area (Å²) in [5, 5.41) is 1.08. The molecule has 1 aliphatic rings. The molecule has 0 N–H and O–H groups in total. The monoisotopic (exact) mass is 668 g/mol. The Morgan fingerprint density at radius 1 is 0.978 bits per heavy atom. The number of carbonyl (C=O) groups excluding carboxylic acids is 1. The van der Waals surface area contributed by atoms with Crippen molar-refractivity contribution < 1.29 is 28.5 Å². The van der Waals surface area contributed by atoms with Crippen LogP contribution in [0.15, 0.2) is 75.7 Å². The molecule has 0 fully saturated rings. The van der Waals surface area contributed by atoms with Crippen molar-refractivity contribution in [2.24, 2.45) is 4.99 Å². The smallest absolute Gasteiger partial charge is 0.338 e. The highest BCUT2D eigenvalue weighted by Gasteiger charge is 2.34. The average molecular weight is 670 g/mol. The third-order valence-electron chi connectivity index (χ3n) is 7.06. The lowest BCUT2D eigenvalue weighted by atomic mass is 9.95. The fraction of sp³-hybridized carbons (Fsp3) is 0.242. The van der Waals surface area contributed by atoms with Gasteiger partial charge in [0.15, 0.2) is 16.3 Å². The summed E-state index contributed by atoms with van der Waals surface area (Å²) >= 11 is 13.7. The summed E-state index contributed by atoms with van der Waals surface area (Å²) in [6, 6.07) is 15.1. The summed E-state index contributed by atoms with van der Waals surface area (Å²) in [6.45, 7) is 3.84. The van der Waals surface area contributed by atoms with E-state index in [0.717, 1.165) is 5.56 Å². The van der Waals surface area contributed by atoms with E-state index in [2.05, 4.69) is 4.99 Å². The zero-order valence-corrected chi connectivity index (χ0v) is 27.5. The number of aromatic nitrogens is 1. The van der Waals surface area contributed by atoms with E-state index in [0.29, 0.717) is 59.2 Å². The predicted octanol–water partition coefficient (Wildman–Crippen LogP) is 5.71. The topological polar surface area (TPSA) is 97.6 Å². The van der Waals surface area contributed by atoms with Crippen molar-refractivity contribution in [1.29, 1.82) is 0 Å². The van der Waals surface area contributed by atoms with E-state index in [4.69, 9.17) is 46.9 Å². The van der Waals surface area contributed by atoms with E-state index in [1.165, 1.54) is 37.2 Å². The van der Waals surface area contributed by atoms with Gasteiger partial charge in [-0.25, -0.2) is 9.79 Å². The van der Waals surface area contributed by atoms with Crippen LogP contribution >= 0.6 is 34.5 Å². The molecule has 3 aromatic carbocycles. The van der Waals surface area contributed by atoms with Gasteiger partial charge in [-0.3, -0.25) is 9.36 Å². The molecular weight excluding hydrogens is 639 g/mol. The van der Waals surface area contributed by atoms with Crippen molar-refractivity contribution in [3.05, 3.63) is 112 Å². The molecule has 0 spiro atoms. The molecule has 0 saturated carbocycles. The first kappa shape index (κ1) is 32.2. The zero-order valence-electron chi connectivity index (χ0n) is 25.2. The SMILES string of the molecule is CCOC(=O)C1=C(C)N=c2s/c(=C\c3cc(Cl)ccc3OCc3cccc(Cl)c3)c(=O)n2[C@H]1c1cc(OC)c(OC)c(OC)c1. The van der Waals surface area contributed by atoms with E-state index in [9.17, 15) is 9.59 Å².